The highest BCUT2D eigenvalue weighted by molar-refractivity contribution is 6.52. The molecule has 1 aliphatic carbocycles. The first-order valence-electron chi connectivity index (χ1n) is 18.1. The van der Waals surface area contributed by atoms with Gasteiger partial charge in [0.15, 0.2) is 11.8 Å². The van der Waals surface area contributed by atoms with Gasteiger partial charge in [-0.2, -0.15) is 0 Å². The van der Waals surface area contributed by atoms with Crippen LogP contribution in [0.3, 0.4) is 0 Å². The maximum atomic E-state index is 14.5. The number of amides is 2. The third kappa shape index (κ3) is 5.67. The van der Waals surface area contributed by atoms with Gasteiger partial charge in [-0.05, 0) is 79.2 Å². The number of fused-ring (bicyclic) bond motifs is 2. The Hall–Kier alpha value is -3.94. The van der Waals surface area contributed by atoms with Gasteiger partial charge in [-0.1, -0.05) is 61.1 Å². The van der Waals surface area contributed by atoms with Crippen LogP contribution >= 0.6 is 0 Å². The number of carbonyl (C=O) groups is 3. The average Bonchev–Trinajstić information content (AvgIpc) is 3.29. The van der Waals surface area contributed by atoms with Crippen molar-refractivity contribution in [1.29, 1.82) is 0 Å². The predicted octanol–water partition coefficient (Wildman–Crippen LogP) is 5.63. The molecule has 0 saturated carbocycles. The molecular weight excluding hydrogens is 624 g/mol. The van der Waals surface area contributed by atoms with Gasteiger partial charge in [0.2, 0.25) is 17.2 Å². The molecule has 2 N–H and O–H groups in total. The summed E-state index contributed by atoms with van der Waals surface area (Å²) in [5, 5.41) is 22.1. The molecule has 0 radical (unpaired) electrons. The smallest absolute Gasteiger partial charge is 0.229 e. The van der Waals surface area contributed by atoms with Crippen LogP contribution in [0.4, 0.5) is 17.1 Å². The molecule has 2 unspecified atom stereocenters. The van der Waals surface area contributed by atoms with E-state index in [1.165, 1.54) is 0 Å². The normalized spacial score (nSPS) is 22.2. The van der Waals surface area contributed by atoms with Crippen molar-refractivity contribution >= 4 is 45.8 Å². The molecule has 0 bridgehead atoms. The molecule has 3 aliphatic rings. The Morgan fingerprint density at radius 3 is 1.82 bits per heavy atom. The fourth-order valence-corrected chi connectivity index (χ4v) is 7.77. The molecule has 2 atom stereocenters. The van der Waals surface area contributed by atoms with Crippen molar-refractivity contribution in [3.8, 4) is 0 Å². The Labute approximate surface area is 298 Å². The molecule has 0 spiro atoms. The number of benzene rings is 2. The summed E-state index contributed by atoms with van der Waals surface area (Å²) in [6.07, 6.45) is 0. The summed E-state index contributed by atoms with van der Waals surface area (Å²) in [6.45, 7) is 32.7. The van der Waals surface area contributed by atoms with Gasteiger partial charge in [0.1, 0.15) is 6.04 Å². The highest BCUT2D eigenvalue weighted by Gasteiger charge is 2.47. The van der Waals surface area contributed by atoms with Crippen LogP contribution in [0.5, 0.6) is 0 Å². The molecule has 270 valence electrons. The molecule has 8 heteroatoms. The molecule has 2 aliphatic heterocycles. The van der Waals surface area contributed by atoms with E-state index in [9.17, 15) is 19.5 Å². The van der Waals surface area contributed by atoms with Gasteiger partial charge in [-0.3, -0.25) is 14.4 Å². The minimum atomic E-state index is -0.700. The summed E-state index contributed by atoms with van der Waals surface area (Å²) < 4.78 is 2.34. The summed E-state index contributed by atoms with van der Waals surface area (Å²) in [7, 11) is 0. The number of carbonyl (C=O) groups excluding carboxylic acids is 3. The van der Waals surface area contributed by atoms with Gasteiger partial charge in [0.05, 0.1) is 16.8 Å². The summed E-state index contributed by atoms with van der Waals surface area (Å²) in [5.74, 6) is -1.19. The average molecular weight is 683 g/mol. The lowest BCUT2D eigenvalue weighted by Gasteiger charge is -2.34. The van der Waals surface area contributed by atoms with Gasteiger partial charge in [0, 0.05) is 67.6 Å². The summed E-state index contributed by atoms with van der Waals surface area (Å²) in [5.41, 5.74) is 2.56. The van der Waals surface area contributed by atoms with Crippen LogP contribution in [0.15, 0.2) is 30.0 Å². The highest BCUT2D eigenvalue weighted by atomic mass is 16.3. The Balaban J connectivity index is 1.83. The molecular formula is C42H58N4O4. The van der Waals surface area contributed by atoms with Crippen molar-refractivity contribution in [3.63, 3.8) is 0 Å². The summed E-state index contributed by atoms with van der Waals surface area (Å²) in [4.78, 5) is 43.7. The van der Waals surface area contributed by atoms with Crippen LogP contribution in [0.2, 0.25) is 0 Å². The van der Waals surface area contributed by atoms with Gasteiger partial charge in [-0.15, -0.1) is 0 Å². The molecule has 2 aromatic carbocycles. The number of anilines is 3. The minimum Gasteiger partial charge on any atom is -0.871 e. The standard InChI is InChI=1S/C42H58N4O4/c1-21(2)45-23(5)41(13,14)27-17-25(29(19-31(27)45)43-37(49)39(7,8)9)33-35(47)34(36(33)48)26-18-28-32(20-30(26)44-38(50)40(10,11)12)46(22(3)4)24(6)42(28,15)16/h17-24H,1-16H3,(H2,43,44,47,48,49,50). The Bertz CT molecular complexity index is 1980. The zero-order valence-electron chi connectivity index (χ0n) is 33.1. The van der Waals surface area contributed by atoms with Crippen molar-refractivity contribution < 1.29 is 19.5 Å². The first-order chi connectivity index (χ1) is 22.7. The van der Waals surface area contributed by atoms with Crippen LogP contribution in [0, 0.1) is 10.8 Å². The zero-order valence-corrected chi connectivity index (χ0v) is 33.1. The number of hydrogen-bond acceptors (Lipinski definition) is 5. The van der Waals surface area contributed by atoms with E-state index in [-0.39, 0.29) is 69.5 Å². The second-order valence-corrected chi connectivity index (χ2v) is 18.4. The maximum absolute atomic E-state index is 14.5. The van der Waals surface area contributed by atoms with Gasteiger partial charge in [0.25, 0.3) is 0 Å². The van der Waals surface area contributed by atoms with Crippen LogP contribution in [0.1, 0.15) is 127 Å². The van der Waals surface area contributed by atoms with E-state index in [0.717, 1.165) is 22.2 Å². The van der Waals surface area contributed by atoms with E-state index in [0.29, 0.717) is 22.2 Å². The monoisotopic (exact) mass is 682 g/mol. The van der Waals surface area contributed by atoms with E-state index in [1.54, 1.807) is 0 Å². The molecule has 0 aromatic heterocycles. The van der Waals surface area contributed by atoms with Gasteiger partial charge >= 0.3 is 0 Å². The molecule has 50 heavy (non-hydrogen) atoms. The number of ketones is 1. The second-order valence-electron chi connectivity index (χ2n) is 18.4. The second kappa shape index (κ2) is 11.8. The Morgan fingerprint density at radius 2 is 1.34 bits per heavy atom. The van der Waals surface area contributed by atoms with Crippen molar-refractivity contribution in [2.24, 2.45) is 10.8 Å². The van der Waals surface area contributed by atoms with E-state index in [1.807, 2.05) is 65.8 Å². The molecule has 5 rings (SSSR count). The van der Waals surface area contributed by atoms with Crippen LogP contribution in [-0.4, -0.2) is 41.8 Å². The van der Waals surface area contributed by atoms with Crippen LogP contribution < -0.4 is 35.8 Å². The number of nitrogens with zero attached hydrogens (tertiary/aromatic N) is 2. The van der Waals surface area contributed by atoms with E-state index in [4.69, 9.17) is 0 Å². The zero-order chi connectivity index (χ0) is 37.8. The lowest BCUT2D eigenvalue weighted by Crippen LogP contribution is -2.42. The third-order valence-electron chi connectivity index (χ3n) is 11.6. The SMILES string of the molecule is CC(C)N1c2cc(NC(=O)C(C)(C)C)c(C3=C([O-])/C(=c4\cc5c(cc4NC(=O)C(C)(C)C)=[N+](C(C)C)C(C)C5(C)C)C3=O)cc2C(C)(C)C1C. The lowest BCUT2D eigenvalue weighted by molar-refractivity contribution is -0.292. The quantitative estimate of drug-likeness (QED) is 0.398. The number of hydrogen-bond donors (Lipinski definition) is 2. The van der Waals surface area contributed by atoms with E-state index in [2.05, 4.69) is 89.3 Å². The number of nitrogens with one attached hydrogen (secondary N) is 2. The van der Waals surface area contributed by atoms with Crippen molar-refractivity contribution in [2.75, 3.05) is 15.5 Å². The molecule has 0 saturated heterocycles. The van der Waals surface area contributed by atoms with Crippen LogP contribution in [-0.2, 0) is 25.2 Å². The number of Topliss-reactive ketones (excluding diaryl/α,β-unsaturated/α-hetero) is 1. The summed E-state index contributed by atoms with van der Waals surface area (Å²) >= 11 is 0. The lowest BCUT2D eigenvalue weighted by atomic mass is 9.76. The molecule has 2 heterocycles. The largest absolute Gasteiger partial charge is 0.871 e. The summed E-state index contributed by atoms with van der Waals surface area (Å²) in [6, 6.07) is 8.48. The molecule has 8 nitrogen and oxygen atoms in total. The van der Waals surface area contributed by atoms with Crippen molar-refractivity contribution in [2.45, 2.75) is 146 Å². The molecule has 2 aromatic rings. The first-order valence-corrected chi connectivity index (χ1v) is 18.1. The third-order valence-corrected chi connectivity index (χ3v) is 11.6. The highest BCUT2D eigenvalue weighted by Crippen LogP contribution is 2.50. The van der Waals surface area contributed by atoms with Gasteiger partial charge < -0.3 is 20.6 Å². The van der Waals surface area contributed by atoms with Crippen molar-refractivity contribution in [1.82, 2.24) is 4.58 Å². The van der Waals surface area contributed by atoms with Crippen molar-refractivity contribution in [3.05, 3.63) is 57.3 Å². The molecule has 0 fully saturated rings. The van der Waals surface area contributed by atoms with E-state index < -0.39 is 10.8 Å². The topological polar surface area (TPSA) is 105 Å². The Morgan fingerprint density at radius 1 is 0.800 bits per heavy atom. The Kier molecular flexibility index (Phi) is 8.82. The minimum absolute atomic E-state index is 0.0588. The van der Waals surface area contributed by atoms with Crippen LogP contribution in [0.25, 0.3) is 11.1 Å². The number of allylic oxidation sites excluding steroid dienone is 2. The predicted molar refractivity (Wildman–Crippen MR) is 203 cm³/mol. The maximum Gasteiger partial charge on any atom is 0.229 e. The fraction of sp³-hybridized carbons (Fsp3) is 0.571. The fourth-order valence-electron chi connectivity index (χ4n) is 7.77. The van der Waals surface area contributed by atoms with E-state index >= 15 is 0 Å². The van der Waals surface area contributed by atoms with Gasteiger partial charge in [-0.25, -0.2) is 4.58 Å². The first kappa shape index (κ1) is 37.3. The molecule has 2 amide bonds. The number of rotatable bonds is 5.